The molecule has 2 aromatic carbocycles. The van der Waals surface area contributed by atoms with Gasteiger partial charge in [-0.2, -0.15) is 0 Å². The quantitative estimate of drug-likeness (QED) is 0.828. The second-order valence-electron chi connectivity index (χ2n) is 7.81. The van der Waals surface area contributed by atoms with Crippen LogP contribution in [-0.2, 0) is 21.2 Å². The van der Waals surface area contributed by atoms with Crippen LogP contribution in [0.1, 0.15) is 55.6 Å². The summed E-state index contributed by atoms with van der Waals surface area (Å²) >= 11 is 0. The van der Waals surface area contributed by atoms with E-state index in [1.807, 2.05) is 18.2 Å². The lowest BCUT2D eigenvalue weighted by atomic mass is 9.84. The Morgan fingerprint density at radius 2 is 1.68 bits per heavy atom. The third kappa shape index (κ3) is 3.78. The first-order valence-electron chi connectivity index (χ1n) is 9.96. The minimum Gasteiger partial charge on any atom is -0.315 e. The van der Waals surface area contributed by atoms with Crippen molar-refractivity contribution >= 4 is 27.3 Å². The molecule has 0 unspecified atom stereocenters. The van der Waals surface area contributed by atoms with Gasteiger partial charge in [0.2, 0.25) is 5.91 Å². The summed E-state index contributed by atoms with van der Waals surface area (Å²) < 4.78 is 28.3. The molecule has 2 aliphatic rings. The highest BCUT2D eigenvalue weighted by atomic mass is 32.2. The highest BCUT2D eigenvalue weighted by molar-refractivity contribution is 7.92. The molecular formula is C22H26N2O3S. The van der Waals surface area contributed by atoms with Crippen molar-refractivity contribution in [2.24, 2.45) is 0 Å². The Labute approximate surface area is 166 Å². The SMILES string of the molecule is CN1C(=O)CCc2cc(NS(=O)(=O)c3ccc(C4CCCCC4)cc3)ccc21. The standard InChI is InChI=1S/C22H26N2O3S/c1-24-21-13-10-19(15-18(21)9-14-22(24)25)23-28(26,27)20-11-7-17(8-12-20)16-5-3-2-4-6-16/h7-8,10-13,15-16,23H,2-6,9,14H2,1H3. The number of carbonyl (C=O) groups is 1. The number of sulfonamides is 1. The monoisotopic (exact) mass is 398 g/mol. The number of hydrogen-bond acceptors (Lipinski definition) is 3. The molecule has 2 aromatic rings. The highest BCUT2D eigenvalue weighted by Crippen LogP contribution is 2.33. The molecule has 0 bridgehead atoms. The number of amides is 1. The number of nitrogens with one attached hydrogen (secondary N) is 1. The van der Waals surface area contributed by atoms with E-state index in [9.17, 15) is 13.2 Å². The lowest BCUT2D eigenvalue weighted by molar-refractivity contribution is -0.118. The van der Waals surface area contributed by atoms with E-state index in [0.29, 0.717) is 24.4 Å². The number of benzene rings is 2. The van der Waals surface area contributed by atoms with Crippen molar-refractivity contribution in [2.75, 3.05) is 16.7 Å². The number of fused-ring (bicyclic) bond motifs is 1. The van der Waals surface area contributed by atoms with Crippen LogP contribution in [0.4, 0.5) is 11.4 Å². The summed E-state index contributed by atoms with van der Waals surface area (Å²) in [6.45, 7) is 0. The second-order valence-corrected chi connectivity index (χ2v) is 9.49. The van der Waals surface area contributed by atoms with Gasteiger partial charge >= 0.3 is 0 Å². The Kier molecular flexibility index (Phi) is 5.15. The highest BCUT2D eigenvalue weighted by Gasteiger charge is 2.22. The van der Waals surface area contributed by atoms with Gasteiger partial charge in [-0.05, 0) is 66.6 Å². The molecule has 0 spiro atoms. The maximum absolute atomic E-state index is 12.8. The van der Waals surface area contributed by atoms with Gasteiger partial charge in [0.05, 0.1) is 4.90 Å². The van der Waals surface area contributed by atoms with Crippen molar-refractivity contribution < 1.29 is 13.2 Å². The first-order valence-corrected chi connectivity index (χ1v) is 11.4. The molecule has 1 aliphatic carbocycles. The fourth-order valence-electron chi connectivity index (χ4n) is 4.29. The molecule has 1 saturated carbocycles. The molecular weight excluding hydrogens is 372 g/mol. The van der Waals surface area contributed by atoms with Crippen molar-refractivity contribution in [2.45, 2.75) is 55.8 Å². The second kappa shape index (κ2) is 7.59. The van der Waals surface area contributed by atoms with E-state index >= 15 is 0 Å². The van der Waals surface area contributed by atoms with Gasteiger partial charge in [-0.15, -0.1) is 0 Å². The zero-order valence-corrected chi connectivity index (χ0v) is 17.0. The Bertz CT molecular complexity index is 977. The van der Waals surface area contributed by atoms with Crippen LogP contribution in [-0.4, -0.2) is 21.4 Å². The Balaban J connectivity index is 1.52. The van der Waals surface area contributed by atoms with E-state index in [1.54, 1.807) is 36.2 Å². The molecule has 0 aromatic heterocycles. The number of hydrogen-bond donors (Lipinski definition) is 1. The van der Waals surface area contributed by atoms with Crippen molar-refractivity contribution in [3.8, 4) is 0 Å². The number of nitrogens with zero attached hydrogens (tertiary/aromatic N) is 1. The van der Waals surface area contributed by atoms with Crippen LogP contribution in [0.5, 0.6) is 0 Å². The molecule has 28 heavy (non-hydrogen) atoms. The van der Waals surface area contributed by atoms with Crippen LogP contribution in [0.3, 0.4) is 0 Å². The predicted octanol–water partition coefficient (Wildman–Crippen LogP) is 4.44. The predicted molar refractivity (Wildman–Crippen MR) is 111 cm³/mol. The summed E-state index contributed by atoms with van der Waals surface area (Å²) in [6, 6.07) is 12.7. The van der Waals surface area contributed by atoms with Gasteiger partial charge in [0, 0.05) is 24.8 Å². The average Bonchev–Trinajstić information content (AvgIpc) is 2.71. The molecule has 4 rings (SSSR count). The molecule has 0 atom stereocenters. The number of anilines is 2. The van der Waals surface area contributed by atoms with E-state index in [1.165, 1.54) is 37.7 Å². The molecule has 1 heterocycles. The lowest BCUT2D eigenvalue weighted by Crippen LogP contribution is -2.31. The molecule has 6 heteroatoms. The Hall–Kier alpha value is -2.34. The molecule has 1 N–H and O–H groups in total. The van der Waals surface area contributed by atoms with E-state index in [0.717, 1.165) is 11.3 Å². The van der Waals surface area contributed by atoms with Crippen LogP contribution < -0.4 is 9.62 Å². The third-order valence-electron chi connectivity index (χ3n) is 5.94. The van der Waals surface area contributed by atoms with Crippen LogP contribution in [0, 0.1) is 0 Å². The van der Waals surface area contributed by atoms with Gasteiger partial charge in [0.25, 0.3) is 10.0 Å². The normalized spacial score (nSPS) is 18.0. The zero-order valence-electron chi connectivity index (χ0n) is 16.1. The number of rotatable bonds is 4. The van der Waals surface area contributed by atoms with Gasteiger partial charge < -0.3 is 4.90 Å². The van der Waals surface area contributed by atoms with Crippen molar-refractivity contribution in [3.63, 3.8) is 0 Å². The van der Waals surface area contributed by atoms with Gasteiger partial charge in [0.15, 0.2) is 0 Å². The summed E-state index contributed by atoms with van der Waals surface area (Å²) in [5.41, 5.74) is 3.59. The molecule has 1 aliphatic heterocycles. The zero-order chi connectivity index (χ0) is 19.7. The fraction of sp³-hybridized carbons (Fsp3) is 0.409. The van der Waals surface area contributed by atoms with Gasteiger partial charge in [0.1, 0.15) is 0 Å². The summed E-state index contributed by atoms with van der Waals surface area (Å²) in [7, 11) is -1.89. The minimum atomic E-state index is -3.64. The van der Waals surface area contributed by atoms with Crippen LogP contribution in [0.25, 0.3) is 0 Å². The van der Waals surface area contributed by atoms with Gasteiger partial charge in [-0.1, -0.05) is 31.4 Å². The first-order chi connectivity index (χ1) is 13.4. The van der Waals surface area contributed by atoms with Crippen molar-refractivity contribution in [1.82, 2.24) is 0 Å². The van der Waals surface area contributed by atoms with Crippen LogP contribution in [0.15, 0.2) is 47.4 Å². The summed E-state index contributed by atoms with van der Waals surface area (Å²) in [4.78, 5) is 13.7. The van der Waals surface area contributed by atoms with Crippen LogP contribution in [0.2, 0.25) is 0 Å². The van der Waals surface area contributed by atoms with Crippen molar-refractivity contribution in [1.29, 1.82) is 0 Å². The van der Waals surface area contributed by atoms with E-state index in [2.05, 4.69) is 4.72 Å². The van der Waals surface area contributed by atoms with Gasteiger partial charge in [-0.25, -0.2) is 8.42 Å². The Morgan fingerprint density at radius 1 is 0.964 bits per heavy atom. The fourth-order valence-corrected chi connectivity index (χ4v) is 5.34. The molecule has 0 radical (unpaired) electrons. The largest absolute Gasteiger partial charge is 0.315 e. The van der Waals surface area contributed by atoms with E-state index in [4.69, 9.17) is 0 Å². The summed E-state index contributed by atoms with van der Waals surface area (Å²) in [6.07, 6.45) is 7.27. The summed E-state index contributed by atoms with van der Waals surface area (Å²) in [5, 5.41) is 0. The smallest absolute Gasteiger partial charge is 0.261 e. The number of aryl methyl sites for hydroxylation is 1. The Morgan fingerprint density at radius 3 is 2.39 bits per heavy atom. The molecule has 5 nitrogen and oxygen atoms in total. The maximum Gasteiger partial charge on any atom is 0.261 e. The van der Waals surface area contributed by atoms with Gasteiger partial charge in [-0.3, -0.25) is 9.52 Å². The first kappa shape index (κ1) is 19.0. The molecule has 1 fully saturated rings. The average molecular weight is 399 g/mol. The minimum absolute atomic E-state index is 0.0823. The molecule has 0 saturated heterocycles. The lowest BCUT2D eigenvalue weighted by Gasteiger charge is -2.26. The van der Waals surface area contributed by atoms with E-state index in [-0.39, 0.29) is 10.8 Å². The number of carbonyl (C=O) groups excluding carboxylic acids is 1. The van der Waals surface area contributed by atoms with E-state index < -0.39 is 10.0 Å². The van der Waals surface area contributed by atoms with Crippen molar-refractivity contribution in [3.05, 3.63) is 53.6 Å². The third-order valence-corrected chi connectivity index (χ3v) is 7.34. The molecule has 148 valence electrons. The molecule has 1 amide bonds. The topological polar surface area (TPSA) is 66.5 Å². The maximum atomic E-state index is 12.8. The van der Waals surface area contributed by atoms with Crippen LogP contribution >= 0.6 is 0 Å². The summed E-state index contributed by atoms with van der Waals surface area (Å²) in [5.74, 6) is 0.637.